The highest BCUT2D eigenvalue weighted by molar-refractivity contribution is 7.80. The first-order chi connectivity index (χ1) is 14.6. The van der Waals surface area contributed by atoms with E-state index in [4.69, 9.17) is 17.0 Å². The van der Waals surface area contributed by atoms with Gasteiger partial charge in [-0.3, -0.25) is 9.78 Å². The minimum Gasteiger partial charge on any atom is -0.469 e. The summed E-state index contributed by atoms with van der Waals surface area (Å²) in [5.41, 5.74) is 4.26. The summed E-state index contributed by atoms with van der Waals surface area (Å²) < 4.78 is 7.02. The number of aromatic nitrogens is 2. The minimum atomic E-state index is -0.257. The Morgan fingerprint density at radius 1 is 1.20 bits per heavy atom. The molecule has 0 amide bonds. The standard InChI is InChI=1S/C23H24N4O2S/c1-16-7-5-8-17(15-16)26-13-6-10-19(26)22-21(18-9-3-4-12-24-18)25-23(30)27(22)14-11-20(28)29-2/h3-10,12-13,15,21-22H,11,14H2,1-2H3,(H,25,30)/t21-,22-/m0/s1. The van der Waals surface area contributed by atoms with Gasteiger partial charge in [0, 0.05) is 30.3 Å². The number of rotatable bonds is 6. The van der Waals surface area contributed by atoms with Crippen molar-refractivity contribution in [3.05, 3.63) is 83.9 Å². The van der Waals surface area contributed by atoms with Gasteiger partial charge in [-0.1, -0.05) is 18.2 Å². The van der Waals surface area contributed by atoms with Gasteiger partial charge in [0.2, 0.25) is 0 Å². The van der Waals surface area contributed by atoms with Crippen LogP contribution in [-0.4, -0.2) is 39.2 Å². The fourth-order valence-electron chi connectivity index (χ4n) is 3.93. The molecule has 3 aromatic rings. The van der Waals surface area contributed by atoms with Crippen molar-refractivity contribution in [1.82, 2.24) is 19.8 Å². The van der Waals surface area contributed by atoms with Crippen LogP contribution in [0.5, 0.6) is 0 Å². The molecule has 1 fully saturated rings. The second kappa shape index (κ2) is 8.67. The van der Waals surface area contributed by atoms with E-state index in [9.17, 15) is 4.79 Å². The van der Waals surface area contributed by atoms with E-state index in [0.29, 0.717) is 11.7 Å². The summed E-state index contributed by atoms with van der Waals surface area (Å²) in [6.07, 6.45) is 4.10. The van der Waals surface area contributed by atoms with E-state index in [2.05, 4.69) is 63.2 Å². The lowest BCUT2D eigenvalue weighted by molar-refractivity contribution is -0.140. The number of aryl methyl sites for hydroxylation is 1. The van der Waals surface area contributed by atoms with E-state index < -0.39 is 0 Å². The number of hydrogen-bond acceptors (Lipinski definition) is 4. The predicted octanol–water partition coefficient (Wildman–Crippen LogP) is 3.72. The third-order valence-corrected chi connectivity index (χ3v) is 5.70. The highest BCUT2D eigenvalue weighted by Crippen LogP contribution is 2.39. The maximum atomic E-state index is 11.8. The topological polar surface area (TPSA) is 59.4 Å². The Kier molecular flexibility index (Phi) is 5.81. The van der Waals surface area contributed by atoms with E-state index in [1.54, 1.807) is 6.20 Å². The Morgan fingerprint density at radius 2 is 2.07 bits per heavy atom. The third-order valence-electron chi connectivity index (χ3n) is 5.35. The van der Waals surface area contributed by atoms with Gasteiger partial charge in [0.25, 0.3) is 0 Å². The molecular weight excluding hydrogens is 396 g/mol. The number of nitrogens with zero attached hydrogens (tertiary/aromatic N) is 3. The molecule has 0 saturated carbocycles. The molecule has 0 radical (unpaired) electrons. The zero-order valence-electron chi connectivity index (χ0n) is 17.0. The SMILES string of the molecule is COC(=O)CCN1C(=S)N[C@@H](c2ccccn2)[C@@H]1c1cccn1-c1cccc(C)c1. The molecule has 0 unspecified atom stereocenters. The number of pyridine rings is 1. The van der Waals surface area contributed by atoms with E-state index in [0.717, 1.165) is 17.1 Å². The predicted molar refractivity (Wildman–Crippen MR) is 119 cm³/mol. The van der Waals surface area contributed by atoms with Gasteiger partial charge in [0.05, 0.1) is 31.3 Å². The van der Waals surface area contributed by atoms with Crippen LogP contribution in [0.15, 0.2) is 67.0 Å². The van der Waals surface area contributed by atoms with Gasteiger partial charge in [-0.15, -0.1) is 0 Å². The molecule has 2 aromatic heterocycles. The van der Waals surface area contributed by atoms with Crippen LogP contribution in [0.25, 0.3) is 5.69 Å². The van der Waals surface area contributed by atoms with Crippen LogP contribution < -0.4 is 5.32 Å². The summed E-state index contributed by atoms with van der Waals surface area (Å²) in [5.74, 6) is -0.257. The molecule has 0 aliphatic carbocycles. The first-order valence-electron chi connectivity index (χ1n) is 9.87. The van der Waals surface area contributed by atoms with Gasteiger partial charge >= 0.3 is 5.97 Å². The van der Waals surface area contributed by atoms with Gasteiger partial charge in [-0.25, -0.2) is 0 Å². The number of carbonyl (C=O) groups is 1. The number of hydrogen-bond donors (Lipinski definition) is 1. The summed E-state index contributed by atoms with van der Waals surface area (Å²) in [4.78, 5) is 18.4. The number of thiocarbonyl (C=S) groups is 1. The molecule has 3 heterocycles. The quantitative estimate of drug-likeness (QED) is 0.485. The largest absolute Gasteiger partial charge is 0.469 e. The van der Waals surface area contributed by atoms with Crippen molar-refractivity contribution in [2.24, 2.45) is 0 Å². The Morgan fingerprint density at radius 3 is 2.80 bits per heavy atom. The van der Waals surface area contributed by atoms with E-state index in [1.165, 1.54) is 12.7 Å². The first-order valence-corrected chi connectivity index (χ1v) is 10.3. The number of methoxy groups -OCH3 is 1. The number of ether oxygens (including phenoxy) is 1. The van der Waals surface area contributed by atoms with Crippen molar-refractivity contribution in [3.8, 4) is 5.69 Å². The lowest BCUT2D eigenvalue weighted by atomic mass is 10.0. The Labute approximate surface area is 181 Å². The monoisotopic (exact) mass is 420 g/mol. The van der Waals surface area contributed by atoms with Crippen LogP contribution >= 0.6 is 12.2 Å². The summed E-state index contributed by atoms with van der Waals surface area (Å²) in [5, 5.41) is 4.03. The zero-order valence-corrected chi connectivity index (χ0v) is 17.8. The number of nitrogens with one attached hydrogen (secondary N) is 1. The Bertz CT molecular complexity index is 1050. The number of esters is 1. The van der Waals surface area contributed by atoms with Crippen molar-refractivity contribution >= 4 is 23.3 Å². The third kappa shape index (κ3) is 3.93. The van der Waals surface area contributed by atoms with Crippen LogP contribution in [0.2, 0.25) is 0 Å². The van der Waals surface area contributed by atoms with Crippen molar-refractivity contribution < 1.29 is 9.53 Å². The molecule has 2 atom stereocenters. The second-order valence-corrected chi connectivity index (χ2v) is 7.67. The number of benzene rings is 1. The van der Waals surface area contributed by atoms with Crippen LogP contribution in [0.4, 0.5) is 0 Å². The smallest absolute Gasteiger partial charge is 0.307 e. The normalized spacial score (nSPS) is 18.3. The summed E-state index contributed by atoms with van der Waals surface area (Å²) in [6.45, 7) is 2.55. The molecular formula is C23H24N4O2S. The highest BCUT2D eigenvalue weighted by Gasteiger charge is 2.41. The molecule has 154 valence electrons. The van der Waals surface area contributed by atoms with Crippen molar-refractivity contribution in [2.45, 2.75) is 25.4 Å². The van der Waals surface area contributed by atoms with E-state index in [-0.39, 0.29) is 24.5 Å². The van der Waals surface area contributed by atoms with Crippen molar-refractivity contribution in [1.29, 1.82) is 0 Å². The van der Waals surface area contributed by atoms with Gasteiger partial charge in [-0.05, 0) is 61.1 Å². The van der Waals surface area contributed by atoms with Crippen LogP contribution in [0.3, 0.4) is 0 Å². The maximum Gasteiger partial charge on any atom is 0.307 e. The molecule has 1 saturated heterocycles. The van der Waals surface area contributed by atoms with Crippen molar-refractivity contribution in [2.75, 3.05) is 13.7 Å². The van der Waals surface area contributed by atoms with Crippen molar-refractivity contribution in [3.63, 3.8) is 0 Å². The molecule has 1 aliphatic heterocycles. The van der Waals surface area contributed by atoms with Gasteiger partial charge in [-0.2, -0.15) is 0 Å². The van der Waals surface area contributed by atoms with Crippen LogP contribution in [0.1, 0.15) is 35.5 Å². The highest BCUT2D eigenvalue weighted by atomic mass is 32.1. The van der Waals surface area contributed by atoms with E-state index >= 15 is 0 Å². The maximum absolute atomic E-state index is 11.8. The molecule has 4 rings (SSSR count). The summed E-state index contributed by atoms with van der Waals surface area (Å²) >= 11 is 5.66. The average molecular weight is 421 g/mol. The molecule has 0 spiro atoms. The van der Waals surface area contributed by atoms with Gasteiger partial charge in [0.15, 0.2) is 5.11 Å². The van der Waals surface area contributed by atoms with Gasteiger partial charge < -0.3 is 19.5 Å². The first kappa shape index (κ1) is 20.1. The average Bonchev–Trinajstić information content (AvgIpc) is 3.36. The molecule has 1 aromatic carbocycles. The summed E-state index contributed by atoms with van der Waals surface area (Å²) in [7, 11) is 1.40. The molecule has 1 aliphatic rings. The Balaban J connectivity index is 1.76. The molecule has 7 heteroatoms. The second-order valence-electron chi connectivity index (χ2n) is 7.29. The van der Waals surface area contributed by atoms with E-state index in [1.807, 2.05) is 24.3 Å². The lowest BCUT2D eigenvalue weighted by Crippen LogP contribution is -2.32. The molecule has 1 N–H and O–H groups in total. The van der Waals surface area contributed by atoms with Gasteiger partial charge in [0.1, 0.15) is 0 Å². The molecule has 0 bridgehead atoms. The molecule has 6 nitrogen and oxygen atoms in total. The zero-order chi connectivity index (χ0) is 21.1. The van der Waals surface area contributed by atoms with Crippen LogP contribution in [-0.2, 0) is 9.53 Å². The number of carbonyl (C=O) groups excluding carboxylic acids is 1. The molecule has 30 heavy (non-hydrogen) atoms. The fraction of sp³-hybridized carbons (Fsp3) is 0.261. The fourth-order valence-corrected chi connectivity index (χ4v) is 4.26. The Hall–Kier alpha value is -3.19. The van der Waals surface area contributed by atoms with Crippen LogP contribution in [0, 0.1) is 6.92 Å². The minimum absolute atomic E-state index is 0.118. The lowest BCUT2D eigenvalue weighted by Gasteiger charge is -2.28. The summed E-state index contributed by atoms with van der Waals surface area (Å²) in [6, 6.07) is 18.1.